The van der Waals surface area contributed by atoms with E-state index in [1.54, 1.807) is 18.2 Å². The van der Waals surface area contributed by atoms with E-state index in [1.807, 2.05) is 30.3 Å². The lowest BCUT2D eigenvalue weighted by Gasteiger charge is -2.26. The maximum atomic E-state index is 12.2. The van der Waals surface area contributed by atoms with Crippen LogP contribution in [0.1, 0.15) is 5.56 Å². The topological polar surface area (TPSA) is 64.6 Å². The van der Waals surface area contributed by atoms with Crippen molar-refractivity contribution in [2.24, 2.45) is 0 Å². The summed E-state index contributed by atoms with van der Waals surface area (Å²) in [6.07, 6.45) is -0.345. The van der Waals surface area contributed by atoms with E-state index in [1.165, 1.54) is 0 Å². The highest BCUT2D eigenvalue weighted by molar-refractivity contribution is 9.10. The van der Waals surface area contributed by atoms with Crippen LogP contribution in [0.2, 0.25) is 0 Å². The minimum atomic E-state index is -3.43. The van der Waals surface area contributed by atoms with E-state index in [-0.39, 0.29) is 18.4 Å². The zero-order valence-electron chi connectivity index (χ0n) is 12.2. The summed E-state index contributed by atoms with van der Waals surface area (Å²) in [5, 5.41) is 0. The highest BCUT2D eigenvalue weighted by atomic mass is 79.9. The first kappa shape index (κ1) is 16.3. The highest BCUT2D eigenvalue weighted by Crippen LogP contribution is 2.30. The van der Waals surface area contributed by atoms with Gasteiger partial charge in [-0.05, 0) is 29.8 Å². The molecule has 0 radical (unpaired) electrons. The van der Waals surface area contributed by atoms with Crippen molar-refractivity contribution in [3.63, 3.8) is 0 Å². The Bertz CT molecular complexity index is 794. The van der Waals surface area contributed by atoms with E-state index in [2.05, 4.69) is 20.7 Å². The van der Waals surface area contributed by atoms with Gasteiger partial charge in [-0.2, -0.15) is 0 Å². The number of fused-ring (bicyclic) bond motifs is 1. The molecule has 0 aromatic heterocycles. The van der Waals surface area contributed by atoms with E-state index in [4.69, 9.17) is 9.47 Å². The number of hydrogen-bond acceptors (Lipinski definition) is 4. The molecule has 0 fully saturated rings. The van der Waals surface area contributed by atoms with Gasteiger partial charge in [0, 0.05) is 4.47 Å². The van der Waals surface area contributed by atoms with Crippen LogP contribution in [0.25, 0.3) is 0 Å². The number of ether oxygens (including phenoxy) is 2. The SMILES string of the molecule is O=S(=O)(Cc1cccc(Br)c1)NC[C@@H]1COc2ccccc2O1. The van der Waals surface area contributed by atoms with Gasteiger partial charge in [-0.1, -0.05) is 40.2 Å². The van der Waals surface area contributed by atoms with E-state index < -0.39 is 10.0 Å². The molecule has 0 spiro atoms. The van der Waals surface area contributed by atoms with Crippen molar-refractivity contribution in [1.82, 2.24) is 4.72 Å². The van der Waals surface area contributed by atoms with Gasteiger partial charge in [0.2, 0.25) is 10.0 Å². The first-order chi connectivity index (χ1) is 11.0. The van der Waals surface area contributed by atoms with Crippen LogP contribution in [0.5, 0.6) is 11.5 Å². The molecule has 0 aliphatic carbocycles. The van der Waals surface area contributed by atoms with Gasteiger partial charge in [-0.15, -0.1) is 0 Å². The second kappa shape index (κ2) is 6.90. The van der Waals surface area contributed by atoms with Crippen molar-refractivity contribution in [3.8, 4) is 11.5 Å². The molecule has 122 valence electrons. The van der Waals surface area contributed by atoms with Crippen molar-refractivity contribution in [1.29, 1.82) is 0 Å². The molecule has 5 nitrogen and oxygen atoms in total. The third kappa shape index (κ3) is 4.46. The van der Waals surface area contributed by atoms with Crippen LogP contribution in [-0.2, 0) is 15.8 Å². The van der Waals surface area contributed by atoms with Gasteiger partial charge in [0.05, 0.1) is 12.3 Å². The van der Waals surface area contributed by atoms with Gasteiger partial charge < -0.3 is 9.47 Å². The van der Waals surface area contributed by atoms with Gasteiger partial charge in [0.1, 0.15) is 12.7 Å². The quantitative estimate of drug-likeness (QED) is 0.842. The van der Waals surface area contributed by atoms with Gasteiger partial charge in [-0.3, -0.25) is 0 Å². The Balaban J connectivity index is 1.58. The van der Waals surface area contributed by atoms with Gasteiger partial charge in [0.15, 0.2) is 11.5 Å². The first-order valence-electron chi connectivity index (χ1n) is 7.12. The molecule has 1 aliphatic rings. The fourth-order valence-corrected chi connectivity index (χ4v) is 3.89. The fourth-order valence-electron chi connectivity index (χ4n) is 2.28. The summed E-state index contributed by atoms with van der Waals surface area (Å²) in [6, 6.07) is 14.6. The molecule has 0 saturated carbocycles. The summed E-state index contributed by atoms with van der Waals surface area (Å²) in [5.41, 5.74) is 0.720. The summed E-state index contributed by atoms with van der Waals surface area (Å²) in [6.45, 7) is 0.487. The van der Waals surface area contributed by atoms with Crippen LogP contribution in [0, 0.1) is 0 Å². The Morgan fingerprint density at radius 2 is 1.91 bits per heavy atom. The molecule has 7 heteroatoms. The summed E-state index contributed by atoms with van der Waals surface area (Å²) in [7, 11) is -3.43. The molecule has 1 atom stereocenters. The predicted octanol–water partition coefficient (Wildman–Crippen LogP) is 2.71. The Morgan fingerprint density at radius 1 is 1.13 bits per heavy atom. The minimum absolute atomic E-state index is 0.0728. The zero-order valence-corrected chi connectivity index (χ0v) is 14.6. The lowest BCUT2D eigenvalue weighted by Crippen LogP contribution is -2.41. The largest absolute Gasteiger partial charge is 0.486 e. The Hall–Kier alpha value is -1.57. The zero-order chi connectivity index (χ0) is 16.3. The summed E-state index contributed by atoms with van der Waals surface area (Å²) < 4.78 is 39.1. The van der Waals surface area contributed by atoms with Gasteiger partial charge in [0.25, 0.3) is 0 Å². The molecule has 1 N–H and O–H groups in total. The lowest BCUT2D eigenvalue weighted by molar-refractivity contribution is 0.0943. The molecule has 3 rings (SSSR count). The first-order valence-corrected chi connectivity index (χ1v) is 9.57. The smallest absolute Gasteiger partial charge is 0.215 e. The number of benzene rings is 2. The van der Waals surface area contributed by atoms with Crippen molar-refractivity contribution < 1.29 is 17.9 Å². The third-order valence-corrected chi connectivity index (χ3v) is 5.16. The summed E-state index contributed by atoms with van der Waals surface area (Å²) in [5.74, 6) is 1.24. The Kier molecular flexibility index (Phi) is 4.89. The minimum Gasteiger partial charge on any atom is -0.486 e. The molecule has 1 heterocycles. The highest BCUT2D eigenvalue weighted by Gasteiger charge is 2.22. The maximum absolute atomic E-state index is 12.2. The second-order valence-electron chi connectivity index (χ2n) is 5.24. The fraction of sp³-hybridized carbons (Fsp3) is 0.250. The molecule has 2 aromatic rings. The Labute approximate surface area is 143 Å². The molecular weight excluding hydrogens is 382 g/mol. The van der Waals surface area contributed by atoms with Crippen molar-refractivity contribution in [2.45, 2.75) is 11.9 Å². The van der Waals surface area contributed by atoms with E-state index in [9.17, 15) is 8.42 Å². The molecule has 2 aromatic carbocycles. The van der Waals surface area contributed by atoms with E-state index in [0.717, 1.165) is 10.0 Å². The molecule has 0 amide bonds. The average molecular weight is 398 g/mol. The van der Waals surface area contributed by atoms with Crippen LogP contribution in [-0.4, -0.2) is 27.7 Å². The number of halogens is 1. The molecular formula is C16H16BrNO4S. The van der Waals surface area contributed by atoms with Gasteiger partial charge in [-0.25, -0.2) is 13.1 Å². The molecule has 23 heavy (non-hydrogen) atoms. The van der Waals surface area contributed by atoms with Crippen LogP contribution < -0.4 is 14.2 Å². The molecule has 0 saturated heterocycles. The summed E-state index contributed by atoms with van der Waals surface area (Å²) >= 11 is 3.33. The summed E-state index contributed by atoms with van der Waals surface area (Å²) in [4.78, 5) is 0. The van der Waals surface area contributed by atoms with E-state index in [0.29, 0.717) is 18.1 Å². The molecule has 1 aliphatic heterocycles. The standard InChI is InChI=1S/C16H16BrNO4S/c17-13-5-3-4-12(8-13)11-23(19,20)18-9-14-10-21-15-6-1-2-7-16(15)22-14/h1-8,14,18H,9-11H2/t14-/m1/s1. The normalized spacial score (nSPS) is 17.0. The maximum Gasteiger partial charge on any atom is 0.215 e. The number of rotatable bonds is 5. The third-order valence-electron chi connectivity index (χ3n) is 3.34. The van der Waals surface area contributed by atoms with Crippen LogP contribution in [0.4, 0.5) is 0 Å². The number of hydrogen-bond donors (Lipinski definition) is 1. The van der Waals surface area contributed by atoms with Crippen molar-refractivity contribution >= 4 is 26.0 Å². The number of nitrogens with one attached hydrogen (secondary N) is 1. The lowest BCUT2D eigenvalue weighted by atomic mass is 10.2. The van der Waals surface area contributed by atoms with Gasteiger partial charge >= 0.3 is 0 Å². The van der Waals surface area contributed by atoms with Crippen molar-refractivity contribution in [3.05, 3.63) is 58.6 Å². The van der Waals surface area contributed by atoms with Crippen LogP contribution in [0.3, 0.4) is 0 Å². The number of para-hydroxylation sites is 2. The molecule has 0 bridgehead atoms. The van der Waals surface area contributed by atoms with Crippen LogP contribution in [0.15, 0.2) is 53.0 Å². The van der Waals surface area contributed by atoms with Crippen molar-refractivity contribution in [2.75, 3.05) is 13.2 Å². The monoisotopic (exact) mass is 397 g/mol. The van der Waals surface area contributed by atoms with E-state index >= 15 is 0 Å². The Morgan fingerprint density at radius 3 is 2.70 bits per heavy atom. The van der Waals surface area contributed by atoms with Crippen LogP contribution >= 0.6 is 15.9 Å². The average Bonchev–Trinajstić information content (AvgIpc) is 2.52. The second-order valence-corrected chi connectivity index (χ2v) is 7.96. The predicted molar refractivity (Wildman–Crippen MR) is 91.1 cm³/mol. The molecule has 0 unspecified atom stereocenters. The number of sulfonamides is 1.